The van der Waals surface area contributed by atoms with Gasteiger partial charge in [0, 0.05) is 16.5 Å². The number of thiophene rings is 1. The zero-order valence-corrected chi connectivity index (χ0v) is 11.5. The van der Waals surface area contributed by atoms with Crippen molar-refractivity contribution < 1.29 is 14.6 Å². The second kappa shape index (κ2) is 4.94. The van der Waals surface area contributed by atoms with Crippen molar-refractivity contribution in [2.24, 2.45) is 0 Å². The standard InChI is InChI=1S/C15H11NO3S/c1-9-10(15(17)18)3-2-4-12(9)19-14-11-6-8-20-13(11)5-7-16-14/h2-8H,1H3,(H,17,18). The second-order valence-electron chi connectivity index (χ2n) is 4.28. The average molecular weight is 285 g/mol. The zero-order valence-electron chi connectivity index (χ0n) is 10.7. The summed E-state index contributed by atoms with van der Waals surface area (Å²) in [5.74, 6) is 0.0418. The van der Waals surface area contributed by atoms with Gasteiger partial charge in [-0.25, -0.2) is 9.78 Å². The summed E-state index contributed by atoms with van der Waals surface area (Å²) in [6, 6.07) is 8.84. The average Bonchev–Trinajstić information content (AvgIpc) is 2.90. The van der Waals surface area contributed by atoms with Gasteiger partial charge < -0.3 is 9.84 Å². The van der Waals surface area contributed by atoms with Crippen LogP contribution in [0.1, 0.15) is 15.9 Å². The highest BCUT2D eigenvalue weighted by molar-refractivity contribution is 7.17. The molecule has 0 unspecified atom stereocenters. The predicted octanol–water partition coefficient (Wildman–Crippen LogP) is 4.10. The van der Waals surface area contributed by atoms with Crippen LogP contribution < -0.4 is 4.74 Å². The number of rotatable bonds is 3. The molecule has 1 N–H and O–H groups in total. The molecule has 2 aromatic heterocycles. The molecule has 0 aliphatic rings. The minimum Gasteiger partial charge on any atom is -0.478 e. The third kappa shape index (κ3) is 2.12. The molecule has 2 heterocycles. The van der Waals surface area contributed by atoms with Crippen LogP contribution in [0.25, 0.3) is 10.1 Å². The number of carboxylic acids is 1. The molecule has 0 aliphatic carbocycles. The van der Waals surface area contributed by atoms with Gasteiger partial charge in [-0.15, -0.1) is 11.3 Å². The third-order valence-electron chi connectivity index (χ3n) is 3.06. The third-order valence-corrected chi connectivity index (χ3v) is 3.95. The van der Waals surface area contributed by atoms with Gasteiger partial charge >= 0.3 is 5.97 Å². The van der Waals surface area contributed by atoms with Crippen molar-refractivity contribution in [2.75, 3.05) is 0 Å². The van der Waals surface area contributed by atoms with E-state index < -0.39 is 5.97 Å². The highest BCUT2D eigenvalue weighted by Crippen LogP contribution is 2.32. The molecule has 100 valence electrons. The zero-order chi connectivity index (χ0) is 14.1. The van der Waals surface area contributed by atoms with E-state index in [0.29, 0.717) is 17.2 Å². The van der Waals surface area contributed by atoms with E-state index in [1.807, 2.05) is 17.5 Å². The van der Waals surface area contributed by atoms with E-state index in [1.54, 1.807) is 42.7 Å². The molecular weight excluding hydrogens is 274 g/mol. The lowest BCUT2D eigenvalue weighted by Crippen LogP contribution is -2.01. The Hall–Kier alpha value is -2.40. The maximum Gasteiger partial charge on any atom is 0.336 e. The Bertz CT molecular complexity index is 795. The summed E-state index contributed by atoms with van der Waals surface area (Å²) in [6.07, 6.45) is 1.69. The Labute approximate surface area is 119 Å². The molecular formula is C15H11NO3S. The number of aromatic nitrogens is 1. The first kappa shape index (κ1) is 12.6. The van der Waals surface area contributed by atoms with Gasteiger partial charge in [-0.05, 0) is 36.6 Å². The highest BCUT2D eigenvalue weighted by Gasteiger charge is 2.13. The lowest BCUT2D eigenvalue weighted by molar-refractivity contribution is 0.0695. The van der Waals surface area contributed by atoms with Crippen LogP contribution in [0.2, 0.25) is 0 Å². The Morgan fingerprint density at radius 1 is 1.30 bits per heavy atom. The number of aromatic carboxylic acids is 1. The fraction of sp³-hybridized carbons (Fsp3) is 0.0667. The first-order chi connectivity index (χ1) is 9.66. The fourth-order valence-electron chi connectivity index (χ4n) is 2.01. The Morgan fingerprint density at radius 2 is 2.15 bits per heavy atom. The van der Waals surface area contributed by atoms with Crippen LogP contribution >= 0.6 is 11.3 Å². The van der Waals surface area contributed by atoms with E-state index >= 15 is 0 Å². The molecule has 0 bridgehead atoms. The van der Waals surface area contributed by atoms with E-state index in [-0.39, 0.29) is 5.56 Å². The number of ether oxygens (including phenoxy) is 1. The van der Waals surface area contributed by atoms with Crippen LogP contribution in [-0.4, -0.2) is 16.1 Å². The fourth-order valence-corrected chi connectivity index (χ4v) is 2.78. The van der Waals surface area contributed by atoms with Gasteiger partial charge in [0.2, 0.25) is 5.88 Å². The maximum absolute atomic E-state index is 11.1. The number of hydrogen-bond donors (Lipinski definition) is 1. The molecule has 20 heavy (non-hydrogen) atoms. The number of hydrogen-bond acceptors (Lipinski definition) is 4. The van der Waals surface area contributed by atoms with Crippen molar-refractivity contribution in [2.45, 2.75) is 6.92 Å². The van der Waals surface area contributed by atoms with Crippen LogP contribution in [0.4, 0.5) is 0 Å². The summed E-state index contributed by atoms with van der Waals surface area (Å²) in [5.41, 5.74) is 0.828. The van der Waals surface area contributed by atoms with E-state index in [2.05, 4.69) is 4.98 Å². The van der Waals surface area contributed by atoms with E-state index in [9.17, 15) is 4.79 Å². The summed E-state index contributed by atoms with van der Waals surface area (Å²) in [6.45, 7) is 1.73. The second-order valence-corrected chi connectivity index (χ2v) is 5.23. The summed E-state index contributed by atoms with van der Waals surface area (Å²) in [4.78, 5) is 15.4. The van der Waals surface area contributed by atoms with Crippen molar-refractivity contribution in [3.05, 3.63) is 53.0 Å². The van der Waals surface area contributed by atoms with Gasteiger partial charge in [-0.1, -0.05) is 6.07 Å². The predicted molar refractivity (Wildman–Crippen MR) is 77.8 cm³/mol. The molecule has 0 amide bonds. The Balaban J connectivity index is 2.05. The van der Waals surface area contributed by atoms with E-state index in [1.165, 1.54) is 0 Å². The summed E-state index contributed by atoms with van der Waals surface area (Å²) in [7, 11) is 0. The number of fused-ring (bicyclic) bond motifs is 1. The van der Waals surface area contributed by atoms with Crippen molar-refractivity contribution in [3.8, 4) is 11.6 Å². The van der Waals surface area contributed by atoms with Crippen molar-refractivity contribution >= 4 is 27.4 Å². The smallest absolute Gasteiger partial charge is 0.336 e. The molecule has 0 aliphatic heterocycles. The number of carboxylic acid groups (broad SMARTS) is 1. The normalized spacial score (nSPS) is 10.7. The van der Waals surface area contributed by atoms with Crippen LogP contribution in [0.15, 0.2) is 41.9 Å². The van der Waals surface area contributed by atoms with Gasteiger partial charge in [0.25, 0.3) is 0 Å². The molecule has 3 rings (SSSR count). The van der Waals surface area contributed by atoms with Gasteiger partial charge in [0.15, 0.2) is 0 Å². The Morgan fingerprint density at radius 3 is 2.95 bits per heavy atom. The van der Waals surface area contributed by atoms with E-state index in [0.717, 1.165) is 10.1 Å². The molecule has 4 nitrogen and oxygen atoms in total. The molecule has 0 saturated heterocycles. The molecule has 3 aromatic rings. The molecule has 0 atom stereocenters. The van der Waals surface area contributed by atoms with Gasteiger partial charge in [-0.3, -0.25) is 0 Å². The lowest BCUT2D eigenvalue weighted by atomic mass is 10.1. The minimum absolute atomic E-state index is 0.236. The van der Waals surface area contributed by atoms with Crippen LogP contribution in [0.3, 0.4) is 0 Å². The van der Waals surface area contributed by atoms with Gasteiger partial charge in [0.05, 0.1) is 10.9 Å². The Kier molecular flexibility index (Phi) is 3.12. The molecule has 0 spiro atoms. The van der Waals surface area contributed by atoms with Crippen LogP contribution in [-0.2, 0) is 0 Å². The molecule has 1 aromatic carbocycles. The lowest BCUT2D eigenvalue weighted by Gasteiger charge is -2.10. The number of benzene rings is 1. The molecule has 0 fully saturated rings. The molecule has 5 heteroatoms. The minimum atomic E-state index is -0.963. The van der Waals surface area contributed by atoms with Crippen LogP contribution in [0.5, 0.6) is 11.6 Å². The van der Waals surface area contributed by atoms with Gasteiger partial charge in [-0.2, -0.15) is 0 Å². The summed E-state index contributed by atoms with van der Waals surface area (Å²) < 4.78 is 6.89. The summed E-state index contributed by atoms with van der Waals surface area (Å²) in [5, 5.41) is 12.0. The first-order valence-corrected chi connectivity index (χ1v) is 6.88. The van der Waals surface area contributed by atoms with Crippen LogP contribution in [0, 0.1) is 6.92 Å². The van der Waals surface area contributed by atoms with Gasteiger partial charge in [0.1, 0.15) is 5.75 Å². The quantitative estimate of drug-likeness (QED) is 0.787. The SMILES string of the molecule is Cc1c(Oc2nccc3sccc23)cccc1C(=O)O. The maximum atomic E-state index is 11.1. The van der Waals surface area contributed by atoms with Crippen molar-refractivity contribution in [1.82, 2.24) is 4.98 Å². The topological polar surface area (TPSA) is 59.4 Å². The monoisotopic (exact) mass is 285 g/mol. The number of nitrogens with zero attached hydrogens (tertiary/aromatic N) is 1. The summed E-state index contributed by atoms with van der Waals surface area (Å²) >= 11 is 1.61. The molecule has 0 saturated carbocycles. The van der Waals surface area contributed by atoms with Crippen molar-refractivity contribution in [3.63, 3.8) is 0 Å². The first-order valence-electron chi connectivity index (χ1n) is 6.00. The van der Waals surface area contributed by atoms with Crippen molar-refractivity contribution in [1.29, 1.82) is 0 Å². The number of carbonyl (C=O) groups is 1. The molecule has 0 radical (unpaired) electrons. The number of pyridine rings is 1. The largest absolute Gasteiger partial charge is 0.478 e. The van der Waals surface area contributed by atoms with E-state index in [4.69, 9.17) is 9.84 Å². The highest BCUT2D eigenvalue weighted by atomic mass is 32.1.